The Hall–Kier alpha value is -3.69. The van der Waals surface area contributed by atoms with Gasteiger partial charge in [0, 0.05) is 12.0 Å². The van der Waals surface area contributed by atoms with E-state index >= 15 is 0 Å². The fourth-order valence-electron chi connectivity index (χ4n) is 4.27. The molecular formula is C25H27F2N3O5. The lowest BCUT2D eigenvalue weighted by Gasteiger charge is -2.25. The molecule has 8 nitrogen and oxygen atoms in total. The molecule has 186 valence electrons. The SMILES string of the molecule is CC(C)C(NC(=O)CN1C(=O)NC(C)(c2cc(F)ccc2F)C1=O)c1ccc2c(c1)OCCCO2. The van der Waals surface area contributed by atoms with E-state index in [2.05, 4.69) is 10.6 Å². The molecule has 0 aromatic heterocycles. The van der Waals surface area contributed by atoms with Crippen molar-refractivity contribution < 1.29 is 32.6 Å². The summed E-state index contributed by atoms with van der Waals surface area (Å²) in [5, 5.41) is 5.26. The minimum atomic E-state index is -1.84. The molecule has 2 atom stereocenters. The second-order valence-corrected chi connectivity index (χ2v) is 9.12. The monoisotopic (exact) mass is 487 g/mol. The molecule has 2 aliphatic heterocycles. The Bertz CT molecular complexity index is 1170. The number of rotatable bonds is 6. The average Bonchev–Trinajstić information content (AvgIpc) is 2.97. The Balaban J connectivity index is 1.51. The largest absolute Gasteiger partial charge is 0.490 e. The molecule has 0 radical (unpaired) electrons. The Morgan fingerprint density at radius 2 is 1.83 bits per heavy atom. The summed E-state index contributed by atoms with van der Waals surface area (Å²) in [5.74, 6) is -1.84. The van der Waals surface area contributed by atoms with Gasteiger partial charge in [0.15, 0.2) is 11.5 Å². The molecule has 2 heterocycles. The van der Waals surface area contributed by atoms with Gasteiger partial charge < -0.3 is 20.1 Å². The smallest absolute Gasteiger partial charge is 0.325 e. The zero-order chi connectivity index (χ0) is 25.3. The first-order valence-electron chi connectivity index (χ1n) is 11.4. The van der Waals surface area contributed by atoms with Crippen molar-refractivity contribution in [3.05, 3.63) is 59.2 Å². The van der Waals surface area contributed by atoms with Gasteiger partial charge in [-0.15, -0.1) is 0 Å². The van der Waals surface area contributed by atoms with Crippen molar-refractivity contribution in [2.45, 2.75) is 38.8 Å². The van der Waals surface area contributed by atoms with Gasteiger partial charge in [0.25, 0.3) is 5.91 Å². The maximum absolute atomic E-state index is 14.4. The predicted molar refractivity (Wildman–Crippen MR) is 122 cm³/mol. The highest BCUT2D eigenvalue weighted by Crippen LogP contribution is 2.35. The molecule has 0 aliphatic carbocycles. The molecule has 2 aromatic rings. The van der Waals surface area contributed by atoms with E-state index in [1.165, 1.54) is 6.92 Å². The summed E-state index contributed by atoms with van der Waals surface area (Å²) in [4.78, 5) is 39.2. The quantitative estimate of drug-likeness (QED) is 0.609. The molecule has 2 aliphatic rings. The molecule has 2 N–H and O–H groups in total. The van der Waals surface area contributed by atoms with Crippen LogP contribution in [-0.4, -0.2) is 42.5 Å². The van der Waals surface area contributed by atoms with Crippen molar-refractivity contribution in [2.75, 3.05) is 19.8 Å². The maximum atomic E-state index is 14.4. The van der Waals surface area contributed by atoms with E-state index in [0.717, 1.165) is 30.2 Å². The highest BCUT2D eigenvalue weighted by Gasteiger charge is 2.51. The molecule has 2 aromatic carbocycles. The number of amides is 4. The summed E-state index contributed by atoms with van der Waals surface area (Å²) < 4.78 is 39.5. The van der Waals surface area contributed by atoms with Gasteiger partial charge in [0.2, 0.25) is 5.91 Å². The van der Waals surface area contributed by atoms with Crippen molar-refractivity contribution in [2.24, 2.45) is 5.92 Å². The third-order valence-corrected chi connectivity index (χ3v) is 6.16. The van der Waals surface area contributed by atoms with E-state index in [1.807, 2.05) is 26.0 Å². The van der Waals surface area contributed by atoms with E-state index in [9.17, 15) is 23.2 Å². The van der Waals surface area contributed by atoms with Crippen LogP contribution in [0.3, 0.4) is 0 Å². The van der Waals surface area contributed by atoms with E-state index in [1.54, 1.807) is 6.07 Å². The van der Waals surface area contributed by atoms with Gasteiger partial charge in [-0.1, -0.05) is 19.9 Å². The summed E-state index contributed by atoms with van der Waals surface area (Å²) in [6.07, 6.45) is 0.763. The Kier molecular flexibility index (Phi) is 6.64. The van der Waals surface area contributed by atoms with Crippen LogP contribution in [-0.2, 0) is 15.1 Å². The van der Waals surface area contributed by atoms with Gasteiger partial charge in [-0.3, -0.25) is 14.5 Å². The van der Waals surface area contributed by atoms with Crippen LogP contribution in [0.5, 0.6) is 11.5 Å². The number of carbonyl (C=O) groups excluding carboxylic acids is 3. The fraction of sp³-hybridized carbons (Fsp3) is 0.400. The van der Waals surface area contributed by atoms with Crippen LogP contribution in [0.2, 0.25) is 0 Å². The van der Waals surface area contributed by atoms with Gasteiger partial charge in [0.05, 0.1) is 19.3 Å². The minimum Gasteiger partial charge on any atom is -0.490 e. The molecule has 2 unspecified atom stereocenters. The van der Waals surface area contributed by atoms with Crippen LogP contribution in [0, 0.1) is 17.6 Å². The molecule has 0 spiro atoms. The number of imide groups is 1. The molecule has 10 heteroatoms. The lowest BCUT2D eigenvalue weighted by atomic mass is 9.91. The third-order valence-electron chi connectivity index (χ3n) is 6.16. The van der Waals surface area contributed by atoms with Crippen molar-refractivity contribution in [3.8, 4) is 11.5 Å². The first-order valence-corrected chi connectivity index (χ1v) is 11.4. The number of nitrogens with one attached hydrogen (secondary N) is 2. The van der Waals surface area contributed by atoms with Crippen LogP contribution < -0.4 is 20.1 Å². The van der Waals surface area contributed by atoms with Crippen molar-refractivity contribution in [3.63, 3.8) is 0 Å². The predicted octanol–water partition coefficient (Wildman–Crippen LogP) is 3.41. The van der Waals surface area contributed by atoms with Crippen LogP contribution in [0.25, 0.3) is 0 Å². The normalized spacial score (nSPS) is 20.5. The number of ether oxygens (including phenoxy) is 2. The Morgan fingerprint density at radius 1 is 1.11 bits per heavy atom. The summed E-state index contributed by atoms with van der Waals surface area (Å²) in [6, 6.07) is 6.77. The van der Waals surface area contributed by atoms with Gasteiger partial charge in [-0.05, 0) is 48.7 Å². The highest BCUT2D eigenvalue weighted by molar-refractivity contribution is 6.09. The van der Waals surface area contributed by atoms with Gasteiger partial charge in [0.1, 0.15) is 23.7 Å². The summed E-state index contributed by atoms with van der Waals surface area (Å²) in [5.41, 5.74) is -1.37. The van der Waals surface area contributed by atoms with Crippen LogP contribution in [0.4, 0.5) is 13.6 Å². The van der Waals surface area contributed by atoms with Gasteiger partial charge in [-0.25, -0.2) is 13.6 Å². The number of carbonyl (C=O) groups is 3. The highest BCUT2D eigenvalue weighted by atomic mass is 19.1. The second kappa shape index (κ2) is 9.52. The first-order chi connectivity index (χ1) is 16.6. The van der Waals surface area contributed by atoms with Crippen molar-refractivity contribution in [1.29, 1.82) is 0 Å². The molecule has 4 amide bonds. The number of urea groups is 1. The molecular weight excluding hydrogens is 460 g/mol. The summed E-state index contributed by atoms with van der Waals surface area (Å²) in [6.45, 7) is 5.62. The zero-order valence-electron chi connectivity index (χ0n) is 19.7. The average molecular weight is 488 g/mol. The van der Waals surface area contributed by atoms with Gasteiger partial charge in [-0.2, -0.15) is 0 Å². The molecule has 1 fully saturated rings. The number of halogens is 2. The standard InChI is InChI=1S/C25H27F2N3O5/c1-14(2)22(15-5-8-19-20(11-15)35-10-4-9-34-19)28-21(31)13-30-23(32)25(3,29-24(30)33)17-12-16(26)6-7-18(17)27/h5-8,11-12,14,22H,4,9-10,13H2,1-3H3,(H,28,31)(H,29,33). The Morgan fingerprint density at radius 3 is 2.54 bits per heavy atom. The van der Waals surface area contributed by atoms with E-state index in [4.69, 9.17) is 9.47 Å². The van der Waals surface area contributed by atoms with E-state index in [0.29, 0.717) is 29.6 Å². The second-order valence-electron chi connectivity index (χ2n) is 9.12. The number of nitrogens with zero attached hydrogens (tertiary/aromatic N) is 1. The van der Waals surface area contributed by atoms with Crippen LogP contribution in [0.1, 0.15) is 44.4 Å². The van der Waals surface area contributed by atoms with Crippen molar-refractivity contribution in [1.82, 2.24) is 15.5 Å². The summed E-state index contributed by atoms with van der Waals surface area (Å²) >= 11 is 0. The van der Waals surface area contributed by atoms with Crippen molar-refractivity contribution >= 4 is 17.8 Å². The lowest BCUT2D eigenvalue weighted by molar-refractivity contribution is -0.135. The maximum Gasteiger partial charge on any atom is 0.325 e. The lowest BCUT2D eigenvalue weighted by Crippen LogP contribution is -2.44. The molecule has 1 saturated heterocycles. The molecule has 0 bridgehead atoms. The number of fused-ring (bicyclic) bond motifs is 1. The zero-order valence-corrected chi connectivity index (χ0v) is 19.7. The number of hydrogen-bond acceptors (Lipinski definition) is 5. The Labute approximate surface area is 201 Å². The third kappa shape index (κ3) is 4.78. The number of hydrogen-bond donors (Lipinski definition) is 2. The van der Waals surface area contributed by atoms with Gasteiger partial charge >= 0.3 is 6.03 Å². The fourth-order valence-corrected chi connectivity index (χ4v) is 4.27. The van der Waals surface area contributed by atoms with Crippen LogP contribution >= 0.6 is 0 Å². The topological polar surface area (TPSA) is 97.0 Å². The molecule has 35 heavy (non-hydrogen) atoms. The van der Waals surface area contributed by atoms with Crippen LogP contribution in [0.15, 0.2) is 36.4 Å². The number of benzene rings is 2. The summed E-state index contributed by atoms with van der Waals surface area (Å²) in [7, 11) is 0. The minimum absolute atomic E-state index is 0.0292. The van der Waals surface area contributed by atoms with E-state index < -0.39 is 47.6 Å². The van der Waals surface area contributed by atoms with E-state index in [-0.39, 0.29) is 11.5 Å². The first kappa shape index (κ1) is 24.4. The molecule has 4 rings (SSSR count). The molecule has 0 saturated carbocycles.